The average molecular weight is 736 g/mol. The Balaban J connectivity index is 4.77. The highest BCUT2D eigenvalue weighted by Crippen LogP contribution is 2.39. The molecule has 0 aliphatic carbocycles. The van der Waals surface area contributed by atoms with E-state index in [1.165, 1.54) is 103 Å². The van der Waals surface area contributed by atoms with Crippen molar-refractivity contribution < 1.29 is 42.8 Å². The third-order valence-electron chi connectivity index (χ3n) is 9.75. The number of rotatable bonds is 38. The maximum Gasteiger partial charge on any atom is 0.268 e. The van der Waals surface area contributed by atoms with E-state index in [4.69, 9.17) is 9.05 Å². The quantitative estimate of drug-likeness (QED) is 0.0277. The summed E-state index contributed by atoms with van der Waals surface area (Å²) in [7, 11) is 0.835. The van der Waals surface area contributed by atoms with Crippen molar-refractivity contribution in [2.24, 2.45) is 0 Å². The number of nitrogens with zero attached hydrogens (tertiary/aromatic N) is 1. The predicted molar refractivity (Wildman–Crippen MR) is 204 cm³/mol. The van der Waals surface area contributed by atoms with Crippen molar-refractivity contribution in [2.75, 3.05) is 40.9 Å². The molecule has 0 rings (SSSR count). The number of likely N-dealkylation sites (N-methyl/N-ethyl adjacent to an activating group) is 1. The van der Waals surface area contributed by atoms with Gasteiger partial charge in [-0.25, -0.2) is 0 Å². The summed E-state index contributed by atoms with van der Waals surface area (Å²) in [5, 5.41) is 22.3. The van der Waals surface area contributed by atoms with Gasteiger partial charge in [-0.3, -0.25) is 14.2 Å². The standard InChI is InChI=1S/C40H80NO8P/c1-6-8-10-12-14-16-18-20-22-24-26-28-30-32-37(42)40(45,39(44)36-49-50(46,47)48-35-34-41(3,4)5)38(43)33-31-29-27-25-23-21-19-17-15-13-11-9-7-2/h39,44-45H,6-36H2,1-5H3/t39-/m0/s1/i32+2/t39-,40?. The number of aliphatic hydroxyl groups excluding tert-OH is 1. The van der Waals surface area contributed by atoms with Gasteiger partial charge in [0.2, 0.25) is 5.60 Å². The smallest absolute Gasteiger partial charge is 0.268 e. The highest BCUT2D eigenvalue weighted by molar-refractivity contribution is 7.45. The van der Waals surface area contributed by atoms with Crippen molar-refractivity contribution in [3.63, 3.8) is 0 Å². The van der Waals surface area contributed by atoms with Crippen LogP contribution in [0.4, 0.5) is 0 Å². The van der Waals surface area contributed by atoms with Gasteiger partial charge in [0.05, 0.1) is 27.7 Å². The fraction of sp³-hybridized carbons (Fsp3) is 0.950. The molecule has 50 heavy (non-hydrogen) atoms. The molecule has 2 N–H and O–H groups in total. The maximum atomic E-state index is 13.3. The summed E-state index contributed by atoms with van der Waals surface area (Å²) in [5.41, 5.74) is -2.71. The van der Waals surface area contributed by atoms with Gasteiger partial charge < -0.3 is 28.6 Å². The number of carbonyl (C=O) groups excluding carboxylic acids is 2. The minimum Gasteiger partial charge on any atom is -0.756 e. The van der Waals surface area contributed by atoms with Crippen LogP contribution in [0.25, 0.3) is 0 Å². The van der Waals surface area contributed by atoms with Crippen LogP contribution in [0.5, 0.6) is 0 Å². The molecule has 0 aromatic rings. The number of hydrogen-bond acceptors (Lipinski definition) is 8. The normalized spacial score (nSPS) is 15.1. The summed E-state index contributed by atoms with van der Waals surface area (Å²) in [6.07, 6.45) is 27.5. The molecule has 0 aromatic carbocycles. The monoisotopic (exact) mass is 736 g/mol. The summed E-state index contributed by atoms with van der Waals surface area (Å²) < 4.78 is 22.5. The lowest BCUT2D eigenvalue weighted by Crippen LogP contribution is -2.57. The second kappa shape index (κ2) is 30.8. The van der Waals surface area contributed by atoms with Crippen LogP contribution in [0, 0.1) is 0 Å². The van der Waals surface area contributed by atoms with E-state index < -0.39 is 37.7 Å². The van der Waals surface area contributed by atoms with Gasteiger partial charge in [0.25, 0.3) is 7.82 Å². The minimum atomic E-state index is -4.82. The molecule has 3 atom stereocenters. The Morgan fingerprint density at radius 3 is 1.46 bits per heavy atom. The van der Waals surface area contributed by atoms with E-state index in [0.29, 0.717) is 23.9 Å². The van der Waals surface area contributed by atoms with Gasteiger partial charge in [0, 0.05) is 12.8 Å². The summed E-state index contributed by atoms with van der Waals surface area (Å²) in [5.74, 6) is -1.55. The topological polar surface area (TPSA) is 133 Å². The third-order valence-corrected chi connectivity index (χ3v) is 10.7. The number of unbranched alkanes of at least 4 members (excludes halogenated alkanes) is 24. The lowest BCUT2D eigenvalue weighted by atomic mass is 9.87. The molecule has 0 saturated carbocycles. The third kappa shape index (κ3) is 27.0. The lowest BCUT2D eigenvalue weighted by molar-refractivity contribution is -0.870. The number of carbonyl (C=O) groups is 2. The Morgan fingerprint density at radius 1 is 0.680 bits per heavy atom. The van der Waals surface area contributed by atoms with E-state index in [1.54, 1.807) is 0 Å². The first kappa shape index (κ1) is 49.3. The molecule has 0 aliphatic rings. The van der Waals surface area contributed by atoms with E-state index in [9.17, 15) is 29.3 Å². The van der Waals surface area contributed by atoms with Crippen LogP contribution in [0.2, 0.25) is 0 Å². The number of phosphoric ester groups is 1. The number of quaternary nitrogens is 1. The zero-order valence-corrected chi connectivity index (χ0v) is 34.1. The van der Waals surface area contributed by atoms with Crippen molar-refractivity contribution >= 4 is 19.4 Å². The molecule has 0 spiro atoms. The maximum absolute atomic E-state index is 13.3. The number of aliphatic hydroxyl groups is 2. The number of phosphoric acid groups is 1. The zero-order valence-electron chi connectivity index (χ0n) is 33.2. The van der Waals surface area contributed by atoms with Gasteiger partial charge >= 0.3 is 0 Å². The molecule has 0 amide bonds. The number of Topliss-reactive ketones (excluding diaryl/α,β-unsaturated/α-hetero) is 2. The van der Waals surface area contributed by atoms with E-state index in [0.717, 1.165) is 51.4 Å². The Morgan fingerprint density at radius 2 is 1.06 bits per heavy atom. The first-order valence-corrected chi connectivity index (χ1v) is 22.1. The van der Waals surface area contributed by atoms with Crippen LogP contribution >= 0.6 is 7.82 Å². The number of ketones is 2. The molecular formula is C40H80NO8P. The van der Waals surface area contributed by atoms with Gasteiger partial charge in [-0.05, 0) is 12.8 Å². The van der Waals surface area contributed by atoms with Crippen LogP contribution in [0.1, 0.15) is 194 Å². The molecule has 0 bridgehead atoms. The average Bonchev–Trinajstić information content (AvgIpc) is 3.06. The molecule has 298 valence electrons. The van der Waals surface area contributed by atoms with Crippen LogP contribution in [0.15, 0.2) is 0 Å². The second-order valence-corrected chi connectivity index (χ2v) is 17.1. The molecule has 0 aliphatic heterocycles. The van der Waals surface area contributed by atoms with Gasteiger partial charge in [0.1, 0.15) is 19.3 Å². The van der Waals surface area contributed by atoms with E-state index in [2.05, 4.69) is 13.8 Å². The Labute approximate surface area is 307 Å². The van der Waals surface area contributed by atoms with E-state index in [-0.39, 0.29) is 19.4 Å². The summed E-state index contributed by atoms with van der Waals surface area (Å²) in [6.45, 7) is 3.81. The molecule has 0 radical (unpaired) electrons. The molecule has 9 nitrogen and oxygen atoms in total. The van der Waals surface area contributed by atoms with E-state index >= 15 is 0 Å². The van der Waals surface area contributed by atoms with Crippen LogP contribution in [-0.2, 0) is 23.2 Å². The van der Waals surface area contributed by atoms with Gasteiger partial charge in [-0.15, -0.1) is 0 Å². The second-order valence-electron chi connectivity index (χ2n) is 15.7. The Bertz CT molecular complexity index is 836. The SMILES string of the molecule is CCCCCCCCCCCCCCCC(=O)C(O)(C(=O)[14CH2]CCCCCCCCCCCCCC)[C@@H](O)COP(=O)([O-])OCC[N+](C)(C)C. The highest BCUT2D eigenvalue weighted by atomic mass is 31.2. The van der Waals surface area contributed by atoms with Crippen molar-refractivity contribution in [3.05, 3.63) is 0 Å². The van der Waals surface area contributed by atoms with Gasteiger partial charge in [-0.1, -0.05) is 168 Å². The molecule has 0 saturated heterocycles. The Hall–Kier alpha value is -0.670. The zero-order chi connectivity index (χ0) is 37.6. The minimum absolute atomic E-state index is 0.0648. The molecular weight excluding hydrogens is 655 g/mol. The van der Waals surface area contributed by atoms with Crippen LogP contribution in [-0.4, -0.2) is 78.9 Å². The van der Waals surface area contributed by atoms with Crippen molar-refractivity contribution in [1.29, 1.82) is 0 Å². The van der Waals surface area contributed by atoms with Gasteiger partial charge in [0.15, 0.2) is 11.6 Å². The van der Waals surface area contributed by atoms with E-state index in [1.807, 2.05) is 21.1 Å². The predicted octanol–water partition coefficient (Wildman–Crippen LogP) is 9.39. The molecule has 0 aromatic heterocycles. The summed E-state index contributed by atoms with van der Waals surface area (Å²) in [6, 6.07) is 0. The first-order chi connectivity index (χ1) is 23.8. The van der Waals surface area contributed by atoms with Crippen LogP contribution < -0.4 is 4.89 Å². The van der Waals surface area contributed by atoms with Crippen molar-refractivity contribution in [2.45, 2.75) is 205 Å². The fourth-order valence-electron chi connectivity index (χ4n) is 6.26. The fourth-order valence-corrected chi connectivity index (χ4v) is 6.96. The molecule has 2 unspecified atom stereocenters. The molecule has 0 fully saturated rings. The van der Waals surface area contributed by atoms with Gasteiger partial charge in [-0.2, -0.15) is 0 Å². The molecule has 0 heterocycles. The lowest BCUT2D eigenvalue weighted by Gasteiger charge is -2.32. The Kier molecular flexibility index (Phi) is 30.3. The first-order valence-electron chi connectivity index (χ1n) is 20.7. The summed E-state index contributed by atoms with van der Waals surface area (Å²) in [4.78, 5) is 39.0. The van der Waals surface area contributed by atoms with Crippen molar-refractivity contribution in [3.8, 4) is 0 Å². The van der Waals surface area contributed by atoms with Crippen molar-refractivity contribution in [1.82, 2.24) is 0 Å². The molecule has 10 heteroatoms. The van der Waals surface area contributed by atoms with Crippen LogP contribution in [0.3, 0.4) is 0 Å². The highest BCUT2D eigenvalue weighted by Gasteiger charge is 2.49. The summed E-state index contributed by atoms with van der Waals surface area (Å²) >= 11 is 0. The number of hydrogen-bond donors (Lipinski definition) is 2. The largest absolute Gasteiger partial charge is 0.756 e.